The molecular formula is C16H18N2O. The standard InChI is InChI=1S/C16H18N2O/c1-19-16-8-7-15(11-18-16)17-10-12-5-6-13-3-2-4-14(13)9-12/h5-9,11,17H,2-4,10H2,1H3. The molecule has 0 atom stereocenters. The Morgan fingerprint density at radius 3 is 2.84 bits per heavy atom. The number of aryl methyl sites for hydroxylation is 2. The van der Waals surface area contributed by atoms with Crippen molar-refractivity contribution in [2.24, 2.45) is 0 Å². The van der Waals surface area contributed by atoms with Crippen molar-refractivity contribution in [2.45, 2.75) is 25.8 Å². The van der Waals surface area contributed by atoms with Crippen LogP contribution in [0.15, 0.2) is 36.5 Å². The molecule has 3 heteroatoms. The van der Waals surface area contributed by atoms with E-state index in [4.69, 9.17) is 4.74 Å². The summed E-state index contributed by atoms with van der Waals surface area (Å²) in [5.74, 6) is 0.642. The molecule has 0 saturated heterocycles. The third-order valence-electron chi connectivity index (χ3n) is 3.61. The zero-order chi connectivity index (χ0) is 13.1. The molecule has 0 radical (unpaired) electrons. The average molecular weight is 254 g/mol. The van der Waals surface area contributed by atoms with Gasteiger partial charge in [0.05, 0.1) is 19.0 Å². The molecule has 3 nitrogen and oxygen atoms in total. The van der Waals surface area contributed by atoms with Crippen molar-refractivity contribution in [3.63, 3.8) is 0 Å². The van der Waals surface area contributed by atoms with Crippen molar-refractivity contribution in [2.75, 3.05) is 12.4 Å². The van der Waals surface area contributed by atoms with Gasteiger partial charge in [0, 0.05) is 12.6 Å². The Kier molecular flexibility index (Phi) is 3.36. The second-order valence-electron chi connectivity index (χ2n) is 4.90. The number of anilines is 1. The topological polar surface area (TPSA) is 34.1 Å². The zero-order valence-electron chi connectivity index (χ0n) is 11.1. The molecule has 1 aromatic heterocycles. The maximum Gasteiger partial charge on any atom is 0.213 e. The molecule has 3 rings (SSSR count). The lowest BCUT2D eigenvalue weighted by atomic mass is 10.1. The lowest BCUT2D eigenvalue weighted by molar-refractivity contribution is 0.398. The summed E-state index contributed by atoms with van der Waals surface area (Å²) < 4.78 is 5.04. The Bertz CT molecular complexity index is 563. The van der Waals surface area contributed by atoms with Gasteiger partial charge < -0.3 is 10.1 Å². The minimum Gasteiger partial charge on any atom is -0.481 e. The van der Waals surface area contributed by atoms with Crippen molar-refractivity contribution in [1.29, 1.82) is 0 Å². The molecule has 0 amide bonds. The lowest BCUT2D eigenvalue weighted by Crippen LogP contribution is -2.00. The summed E-state index contributed by atoms with van der Waals surface area (Å²) in [6.07, 6.45) is 5.57. The van der Waals surface area contributed by atoms with E-state index in [0.29, 0.717) is 5.88 Å². The first-order chi connectivity index (χ1) is 9.35. The molecular weight excluding hydrogens is 236 g/mol. The lowest BCUT2D eigenvalue weighted by Gasteiger charge is -2.08. The summed E-state index contributed by atoms with van der Waals surface area (Å²) in [6, 6.07) is 10.7. The second-order valence-corrected chi connectivity index (χ2v) is 4.90. The van der Waals surface area contributed by atoms with Gasteiger partial charge in [0.2, 0.25) is 5.88 Å². The van der Waals surface area contributed by atoms with Gasteiger partial charge >= 0.3 is 0 Å². The summed E-state index contributed by atoms with van der Waals surface area (Å²) in [7, 11) is 1.62. The van der Waals surface area contributed by atoms with Gasteiger partial charge in [0.1, 0.15) is 0 Å². The molecule has 98 valence electrons. The van der Waals surface area contributed by atoms with Crippen molar-refractivity contribution >= 4 is 5.69 Å². The van der Waals surface area contributed by atoms with Crippen molar-refractivity contribution in [1.82, 2.24) is 4.98 Å². The summed E-state index contributed by atoms with van der Waals surface area (Å²) in [6.45, 7) is 0.835. The monoisotopic (exact) mass is 254 g/mol. The number of rotatable bonds is 4. The molecule has 1 aromatic carbocycles. The Morgan fingerprint density at radius 1 is 1.16 bits per heavy atom. The highest BCUT2D eigenvalue weighted by Crippen LogP contribution is 2.23. The molecule has 0 bridgehead atoms. The summed E-state index contributed by atoms with van der Waals surface area (Å²) in [4.78, 5) is 4.18. The third-order valence-corrected chi connectivity index (χ3v) is 3.61. The van der Waals surface area contributed by atoms with E-state index in [0.717, 1.165) is 12.2 Å². The first-order valence-corrected chi connectivity index (χ1v) is 6.70. The average Bonchev–Trinajstić information content (AvgIpc) is 2.93. The number of fused-ring (bicyclic) bond motifs is 1. The Labute approximate surface area is 113 Å². The maximum absolute atomic E-state index is 5.04. The molecule has 0 aliphatic heterocycles. The number of pyridine rings is 1. The van der Waals surface area contributed by atoms with E-state index in [1.165, 1.54) is 36.0 Å². The molecule has 0 saturated carbocycles. The predicted molar refractivity (Wildman–Crippen MR) is 76.6 cm³/mol. The van der Waals surface area contributed by atoms with Crippen molar-refractivity contribution in [3.05, 3.63) is 53.2 Å². The van der Waals surface area contributed by atoms with E-state index < -0.39 is 0 Å². The summed E-state index contributed by atoms with van der Waals surface area (Å²) in [5.41, 5.74) is 5.39. The Morgan fingerprint density at radius 2 is 2.05 bits per heavy atom. The fourth-order valence-electron chi connectivity index (χ4n) is 2.54. The SMILES string of the molecule is COc1ccc(NCc2ccc3c(c2)CCC3)cn1. The number of benzene rings is 1. The van der Waals surface area contributed by atoms with Gasteiger partial charge in [-0.2, -0.15) is 0 Å². The minimum absolute atomic E-state index is 0.642. The van der Waals surface area contributed by atoms with E-state index in [1.807, 2.05) is 12.1 Å². The fourth-order valence-corrected chi connectivity index (χ4v) is 2.54. The molecule has 2 aromatic rings. The van der Waals surface area contributed by atoms with Crippen LogP contribution < -0.4 is 10.1 Å². The van der Waals surface area contributed by atoms with Crippen LogP contribution in [-0.2, 0) is 19.4 Å². The van der Waals surface area contributed by atoms with Crippen LogP contribution in [0.1, 0.15) is 23.1 Å². The second kappa shape index (κ2) is 5.31. The molecule has 19 heavy (non-hydrogen) atoms. The van der Waals surface area contributed by atoms with E-state index in [-0.39, 0.29) is 0 Å². The van der Waals surface area contributed by atoms with Crippen LogP contribution in [0, 0.1) is 0 Å². The van der Waals surface area contributed by atoms with Gasteiger partial charge in [0.15, 0.2) is 0 Å². The van der Waals surface area contributed by atoms with E-state index in [2.05, 4.69) is 28.5 Å². The molecule has 0 unspecified atom stereocenters. The Hall–Kier alpha value is -2.03. The van der Waals surface area contributed by atoms with Crippen molar-refractivity contribution in [3.8, 4) is 5.88 Å². The van der Waals surface area contributed by atoms with Gasteiger partial charge in [0.25, 0.3) is 0 Å². The molecule has 1 aliphatic carbocycles. The zero-order valence-corrected chi connectivity index (χ0v) is 11.1. The van der Waals surface area contributed by atoms with Crippen LogP contribution in [-0.4, -0.2) is 12.1 Å². The molecule has 1 N–H and O–H groups in total. The van der Waals surface area contributed by atoms with Gasteiger partial charge in [-0.1, -0.05) is 18.2 Å². The number of hydrogen-bond donors (Lipinski definition) is 1. The van der Waals surface area contributed by atoms with Crippen LogP contribution >= 0.6 is 0 Å². The Balaban J connectivity index is 1.65. The molecule has 1 heterocycles. The van der Waals surface area contributed by atoms with Crippen LogP contribution in [0.5, 0.6) is 5.88 Å². The summed E-state index contributed by atoms with van der Waals surface area (Å²) >= 11 is 0. The number of aromatic nitrogens is 1. The van der Waals surface area contributed by atoms with Crippen LogP contribution in [0.3, 0.4) is 0 Å². The maximum atomic E-state index is 5.04. The number of ether oxygens (including phenoxy) is 1. The minimum atomic E-state index is 0.642. The smallest absolute Gasteiger partial charge is 0.213 e. The molecule has 0 fully saturated rings. The highest BCUT2D eigenvalue weighted by molar-refractivity contribution is 5.43. The van der Waals surface area contributed by atoms with Crippen LogP contribution in [0.25, 0.3) is 0 Å². The number of hydrogen-bond acceptors (Lipinski definition) is 3. The number of nitrogens with one attached hydrogen (secondary N) is 1. The normalized spacial score (nSPS) is 13.1. The van der Waals surface area contributed by atoms with E-state index in [1.54, 1.807) is 13.3 Å². The van der Waals surface area contributed by atoms with Gasteiger partial charge in [-0.15, -0.1) is 0 Å². The van der Waals surface area contributed by atoms with Crippen LogP contribution in [0.2, 0.25) is 0 Å². The third kappa shape index (κ3) is 2.70. The molecule has 0 spiro atoms. The predicted octanol–water partition coefficient (Wildman–Crippen LogP) is 3.19. The van der Waals surface area contributed by atoms with Crippen molar-refractivity contribution < 1.29 is 4.74 Å². The molecule has 1 aliphatic rings. The van der Waals surface area contributed by atoms with Crippen LogP contribution in [0.4, 0.5) is 5.69 Å². The quantitative estimate of drug-likeness (QED) is 0.909. The van der Waals surface area contributed by atoms with E-state index >= 15 is 0 Å². The van der Waals surface area contributed by atoms with Gasteiger partial charge in [-0.25, -0.2) is 4.98 Å². The fraction of sp³-hybridized carbons (Fsp3) is 0.312. The highest BCUT2D eigenvalue weighted by Gasteiger charge is 2.10. The highest BCUT2D eigenvalue weighted by atomic mass is 16.5. The first kappa shape index (κ1) is 12.0. The van der Waals surface area contributed by atoms with Gasteiger partial charge in [-0.05, 0) is 42.0 Å². The largest absolute Gasteiger partial charge is 0.481 e. The summed E-state index contributed by atoms with van der Waals surface area (Å²) in [5, 5.41) is 3.39. The number of methoxy groups -OCH3 is 1. The number of nitrogens with zero attached hydrogens (tertiary/aromatic N) is 1. The first-order valence-electron chi connectivity index (χ1n) is 6.70. The van der Waals surface area contributed by atoms with E-state index in [9.17, 15) is 0 Å². The van der Waals surface area contributed by atoms with Gasteiger partial charge in [-0.3, -0.25) is 0 Å².